The lowest BCUT2D eigenvalue weighted by Crippen LogP contribution is -2.31. The Hall–Kier alpha value is -3.87. The molecule has 0 aliphatic rings. The van der Waals surface area contributed by atoms with Crippen molar-refractivity contribution in [2.75, 3.05) is 6.61 Å². The van der Waals surface area contributed by atoms with E-state index in [0.29, 0.717) is 30.3 Å². The van der Waals surface area contributed by atoms with Crippen molar-refractivity contribution in [3.63, 3.8) is 0 Å². The molecule has 0 aliphatic carbocycles. The summed E-state index contributed by atoms with van der Waals surface area (Å²) in [6.45, 7) is 6.22. The van der Waals surface area contributed by atoms with Gasteiger partial charge in [-0.1, -0.05) is 30.3 Å². The minimum atomic E-state index is -0.530. The van der Waals surface area contributed by atoms with Crippen molar-refractivity contribution in [1.29, 1.82) is 0 Å². The van der Waals surface area contributed by atoms with E-state index < -0.39 is 6.04 Å². The smallest absolute Gasteiger partial charge is 0.308 e. The predicted molar refractivity (Wildman–Crippen MR) is 129 cm³/mol. The van der Waals surface area contributed by atoms with Crippen LogP contribution in [0.4, 0.5) is 0 Å². The monoisotopic (exact) mass is 462 g/mol. The number of nitrogens with zero attached hydrogens (tertiary/aromatic N) is 1. The summed E-state index contributed by atoms with van der Waals surface area (Å²) in [4.78, 5) is 29.4. The summed E-state index contributed by atoms with van der Waals surface area (Å²) in [5.74, 6) is 0.307. The third-order valence-electron chi connectivity index (χ3n) is 4.89. The lowest BCUT2D eigenvalue weighted by atomic mass is 10.0. The minimum Gasteiger partial charge on any atom is -0.490 e. The van der Waals surface area contributed by atoms with Crippen LogP contribution in [0, 0.1) is 0 Å². The molecule has 1 N–H and O–H groups in total. The number of amides is 1. The van der Waals surface area contributed by atoms with E-state index in [1.807, 2.05) is 49.4 Å². The maximum Gasteiger partial charge on any atom is 0.308 e. The van der Waals surface area contributed by atoms with Crippen LogP contribution in [0.1, 0.15) is 54.7 Å². The van der Waals surface area contributed by atoms with Gasteiger partial charge in [0.1, 0.15) is 6.61 Å². The Balaban J connectivity index is 1.76. The number of hydrogen-bond donors (Lipinski definition) is 1. The Kier molecular flexibility index (Phi) is 9.03. The third kappa shape index (κ3) is 7.33. The van der Waals surface area contributed by atoms with E-state index in [1.54, 1.807) is 44.4 Å². The van der Waals surface area contributed by atoms with Crippen molar-refractivity contribution in [1.82, 2.24) is 10.3 Å². The van der Waals surface area contributed by atoms with Gasteiger partial charge in [-0.05, 0) is 62.2 Å². The highest BCUT2D eigenvalue weighted by atomic mass is 16.5. The van der Waals surface area contributed by atoms with Gasteiger partial charge in [-0.3, -0.25) is 14.6 Å². The number of rotatable bonds is 11. The van der Waals surface area contributed by atoms with Gasteiger partial charge in [0.05, 0.1) is 25.2 Å². The fourth-order valence-electron chi connectivity index (χ4n) is 3.33. The lowest BCUT2D eigenvalue weighted by molar-refractivity contribution is -0.147. The molecule has 1 amide bonds. The Bertz CT molecular complexity index is 1070. The number of aromatic nitrogens is 1. The number of hydrogen-bond acceptors (Lipinski definition) is 6. The molecular weight excluding hydrogens is 432 g/mol. The molecule has 1 heterocycles. The van der Waals surface area contributed by atoms with Crippen LogP contribution in [-0.2, 0) is 16.1 Å². The van der Waals surface area contributed by atoms with E-state index in [4.69, 9.17) is 14.2 Å². The van der Waals surface area contributed by atoms with E-state index in [9.17, 15) is 9.59 Å². The molecule has 3 rings (SSSR count). The molecule has 0 saturated carbocycles. The van der Waals surface area contributed by atoms with Crippen LogP contribution in [-0.4, -0.2) is 29.6 Å². The summed E-state index contributed by atoms with van der Waals surface area (Å²) in [6, 6.07) is 17.6. The molecule has 7 nitrogen and oxygen atoms in total. The van der Waals surface area contributed by atoms with Gasteiger partial charge < -0.3 is 19.5 Å². The van der Waals surface area contributed by atoms with Crippen LogP contribution >= 0.6 is 0 Å². The van der Waals surface area contributed by atoms with Gasteiger partial charge in [0.15, 0.2) is 11.5 Å². The Morgan fingerprint density at radius 1 is 0.941 bits per heavy atom. The topological polar surface area (TPSA) is 86.8 Å². The van der Waals surface area contributed by atoms with E-state index in [-0.39, 0.29) is 24.4 Å². The van der Waals surface area contributed by atoms with Crippen LogP contribution in [0.3, 0.4) is 0 Å². The van der Waals surface area contributed by atoms with Gasteiger partial charge in [-0.2, -0.15) is 0 Å². The van der Waals surface area contributed by atoms with Crippen molar-refractivity contribution in [3.05, 3.63) is 89.7 Å². The molecule has 2 aromatic carbocycles. The number of ether oxygens (including phenoxy) is 3. The minimum absolute atomic E-state index is 0.0272. The quantitative estimate of drug-likeness (QED) is 0.409. The molecule has 0 fully saturated rings. The molecule has 7 heteroatoms. The molecule has 0 radical (unpaired) electrons. The van der Waals surface area contributed by atoms with E-state index in [2.05, 4.69) is 10.3 Å². The molecule has 1 aromatic heterocycles. The van der Waals surface area contributed by atoms with Crippen LogP contribution in [0.2, 0.25) is 0 Å². The summed E-state index contributed by atoms with van der Waals surface area (Å²) >= 11 is 0. The number of nitrogens with one attached hydrogen (secondary N) is 1. The van der Waals surface area contributed by atoms with E-state index in [1.165, 1.54) is 0 Å². The van der Waals surface area contributed by atoms with Gasteiger partial charge in [0.2, 0.25) is 0 Å². The summed E-state index contributed by atoms with van der Waals surface area (Å²) in [6.07, 6.45) is 3.21. The highest BCUT2D eigenvalue weighted by molar-refractivity contribution is 5.95. The molecule has 0 saturated heterocycles. The first kappa shape index (κ1) is 24.8. The zero-order valence-electron chi connectivity index (χ0n) is 19.7. The highest BCUT2D eigenvalue weighted by Gasteiger charge is 2.21. The van der Waals surface area contributed by atoms with Gasteiger partial charge in [0, 0.05) is 18.0 Å². The second-order valence-corrected chi connectivity index (χ2v) is 7.92. The first-order valence-electron chi connectivity index (χ1n) is 11.3. The summed E-state index contributed by atoms with van der Waals surface area (Å²) in [5, 5.41) is 2.96. The molecule has 1 unspecified atom stereocenters. The second-order valence-electron chi connectivity index (χ2n) is 7.92. The van der Waals surface area contributed by atoms with Crippen LogP contribution < -0.4 is 14.8 Å². The maximum absolute atomic E-state index is 13.1. The second kappa shape index (κ2) is 12.4. The Morgan fingerprint density at radius 2 is 1.68 bits per heavy atom. The molecule has 178 valence electrons. The first-order valence-corrected chi connectivity index (χ1v) is 11.3. The van der Waals surface area contributed by atoms with Gasteiger partial charge in [0.25, 0.3) is 5.91 Å². The lowest BCUT2D eigenvalue weighted by Gasteiger charge is -2.20. The van der Waals surface area contributed by atoms with Crippen molar-refractivity contribution in [3.8, 4) is 11.5 Å². The fourth-order valence-corrected chi connectivity index (χ4v) is 3.33. The van der Waals surface area contributed by atoms with Crippen molar-refractivity contribution < 1.29 is 23.8 Å². The van der Waals surface area contributed by atoms with Crippen LogP contribution in [0.25, 0.3) is 0 Å². The van der Waals surface area contributed by atoms with E-state index in [0.717, 1.165) is 11.1 Å². The van der Waals surface area contributed by atoms with Crippen LogP contribution in [0.5, 0.6) is 11.5 Å². The molecule has 3 aromatic rings. The Morgan fingerprint density at radius 3 is 2.35 bits per heavy atom. The average Bonchev–Trinajstić information content (AvgIpc) is 2.83. The molecule has 0 spiro atoms. The predicted octanol–water partition coefficient (Wildman–Crippen LogP) is 4.87. The zero-order chi connectivity index (χ0) is 24.3. The van der Waals surface area contributed by atoms with Crippen molar-refractivity contribution >= 4 is 11.9 Å². The molecular formula is C27H30N2O5. The third-order valence-corrected chi connectivity index (χ3v) is 4.89. The highest BCUT2D eigenvalue weighted by Crippen LogP contribution is 2.30. The summed E-state index contributed by atoms with van der Waals surface area (Å²) in [7, 11) is 0. The zero-order valence-corrected chi connectivity index (χ0v) is 19.7. The van der Waals surface area contributed by atoms with Crippen molar-refractivity contribution in [2.45, 2.75) is 45.9 Å². The SMILES string of the molecule is CCOc1cc(C(=O)NC(CC(=O)OC(C)C)c2ccccc2)ccc1OCc1ccncc1. The first-order chi connectivity index (χ1) is 16.5. The summed E-state index contributed by atoms with van der Waals surface area (Å²) < 4.78 is 16.9. The number of esters is 1. The normalized spacial score (nSPS) is 11.5. The number of carbonyl (C=O) groups is 2. The van der Waals surface area contributed by atoms with E-state index >= 15 is 0 Å². The standard InChI is InChI=1S/C27H30N2O5/c1-4-32-25-16-22(10-11-24(25)33-18-20-12-14-28-15-13-20)27(31)29-23(17-26(30)34-19(2)3)21-8-6-5-7-9-21/h5-16,19,23H,4,17-18H2,1-3H3,(H,29,31). The van der Waals surface area contributed by atoms with Crippen molar-refractivity contribution in [2.24, 2.45) is 0 Å². The Labute approximate surface area is 200 Å². The summed E-state index contributed by atoms with van der Waals surface area (Å²) in [5.41, 5.74) is 2.19. The van der Waals surface area contributed by atoms with Gasteiger partial charge in [-0.25, -0.2) is 0 Å². The molecule has 1 atom stereocenters. The number of pyridine rings is 1. The fraction of sp³-hybridized carbons (Fsp3) is 0.296. The average molecular weight is 463 g/mol. The largest absolute Gasteiger partial charge is 0.490 e. The van der Waals surface area contributed by atoms with Gasteiger partial charge in [-0.15, -0.1) is 0 Å². The molecule has 0 aliphatic heterocycles. The molecule has 0 bridgehead atoms. The van der Waals surface area contributed by atoms with Gasteiger partial charge >= 0.3 is 5.97 Å². The van der Waals surface area contributed by atoms with Crippen LogP contribution in [0.15, 0.2) is 73.1 Å². The maximum atomic E-state index is 13.1. The number of benzene rings is 2. The number of carbonyl (C=O) groups excluding carboxylic acids is 2. The molecule has 34 heavy (non-hydrogen) atoms.